The Bertz CT molecular complexity index is 413. The fourth-order valence-electron chi connectivity index (χ4n) is 1.58. The monoisotopic (exact) mass is 235 g/mol. The first kappa shape index (κ1) is 11.9. The van der Waals surface area contributed by atoms with Crippen molar-refractivity contribution in [1.29, 1.82) is 0 Å². The summed E-state index contributed by atoms with van der Waals surface area (Å²) in [7, 11) is 1.59. The van der Waals surface area contributed by atoms with Crippen LogP contribution < -0.4 is 15.2 Å². The maximum absolute atomic E-state index is 11.7. The summed E-state index contributed by atoms with van der Waals surface area (Å²) in [6.07, 6.45) is 2.78. The van der Waals surface area contributed by atoms with E-state index in [1.54, 1.807) is 25.3 Å². The number of methoxy groups -OCH3 is 1. The fraction of sp³-hybridized carbons (Fsp3) is 0.462. The number of ether oxygens (including phenoxy) is 2. The van der Waals surface area contributed by atoms with Gasteiger partial charge in [0.25, 0.3) is 0 Å². The van der Waals surface area contributed by atoms with Crippen LogP contribution in [-0.2, 0) is 0 Å². The molecule has 2 rings (SSSR count). The van der Waals surface area contributed by atoms with Gasteiger partial charge < -0.3 is 15.2 Å². The van der Waals surface area contributed by atoms with Crippen molar-refractivity contribution in [2.75, 3.05) is 13.7 Å². The van der Waals surface area contributed by atoms with E-state index in [9.17, 15) is 4.79 Å². The van der Waals surface area contributed by atoms with Gasteiger partial charge in [0.2, 0.25) is 0 Å². The van der Waals surface area contributed by atoms with Crippen molar-refractivity contribution in [3.63, 3.8) is 0 Å². The Balaban J connectivity index is 2.20. The maximum atomic E-state index is 11.7. The van der Waals surface area contributed by atoms with Crippen LogP contribution in [0.5, 0.6) is 11.5 Å². The smallest absolute Gasteiger partial charge is 0.164 e. The molecular formula is C13H17NO3. The molecule has 1 aliphatic rings. The van der Waals surface area contributed by atoms with E-state index < -0.39 is 0 Å². The maximum Gasteiger partial charge on any atom is 0.164 e. The van der Waals surface area contributed by atoms with E-state index in [0.717, 1.165) is 12.8 Å². The van der Waals surface area contributed by atoms with Crippen molar-refractivity contribution in [3.05, 3.63) is 23.8 Å². The molecule has 1 aliphatic carbocycles. The minimum absolute atomic E-state index is 0.0378. The Hall–Kier alpha value is -1.55. The highest BCUT2D eigenvalue weighted by molar-refractivity contribution is 5.96. The number of Topliss-reactive ketones (excluding diaryl/α,β-unsaturated/α-hetero) is 1. The van der Waals surface area contributed by atoms with Crippen LogP contribution in [0, 0.1) is 0 Å². The van der Waals surface area contributed by atoms with Crippen LogP contribution in [-0.4, -0.2) is 25.5 Å². The van der Waals surface area contributed by atoms with Gasteiger partial charge in [0.15, 0.2) is 17.3 Å². The molecule has 0 aromatic heterocycles. The van der Waals surface area contributed by atoms with Gasteiger partial charge in [-0.3, -0.25) is 4.79 Å². The summed E-state index contributed by atoms with van der Waals surface area (Å²) in [5.74, 6) is 1.36. The minimum atomic E-state index is 0.0378. The molecule has 0 spiro atoms. The van der Waals surface area contributed by atoms with Crippen LogP contribution in [0.25, 0.3) is 0 Å². The number of hydrogen-bond donors (Lipinski definition) is 1. The number of carbonyl (C=O) groups is 1. The molecule has 0 amide bonds. The third-order valence-electron chi connectivity index (χ3n) is 2.68. The van der Waals surface area contributed by atoms with Gasteiger partial charge in [-0.25, -0.2) is 0 Å². The van der Waals surface area contributed by atoms with Gasteiger partial charge in [-0.2, -0.15) is 0 Å². The summed E-state index contributed by atoms with van der Waals surface area (Å²) in [4.78, 5) is 11.7. The molecular weight excluding hydrogens is 218 g/mol. The Morgan fingerprint density at radius 2 is 2.18 bits per heavy atom. The number of rotatable bonds is 6. The van der Waals surface area contributed by atoms with E-state index in [4.69, 9.17) is 15.2 Å². The molecule has 1 fully saturated rings. The molecule has 0 aliphatic heterocycles. The summed E-state index contributed by atoms with van der Waals surface area (Å²) < 4.78 is 10.9. The van der Waals surface area contributed by atoms with E-state index in [-0.39, 0.29) is 11.9 Å². The Kier molecular flexibility index (Phi) is 3.64. The molecule has 1 aromatic rings. The lowest BCUT2D eigenvalue weighted by molar-refractivity contribution is 0.0985. The number of carbonyl (C=O) groups excluding carboxylic acids is 1. The molecule has 0 atom stereocenters. The van der Waals surface area contributed by atoms with Crippen molar-refractivity contribution in [2.24, 2.45) is 5.73 Å². The largest absolute Gasteiger partial charge is 0.493 e. The van der Waals surface area contributed by atoms with Crippen LogP contribution in [0.1, 0.15) is 29.6 Å². The van der Waals surface area contributed by atoms with E-state index >= 15 is 0 Å². The lowest BCUT2D eigenvalue weighted by atomic mass is 10.1. The average Bonchev–Trinajstić information content (AvgIpc) is 3.13. The van der Waals surface area contributed by atoms with Gasteiger partial charge in [0.05, 0.1) is 13.2 Å². The fourth-order valence-corrected chi connectivity index (χ4v) is 1.58. The third kappa shape index (κ3) is 2.97. The van der Waals surface area contributed by atoms with Gasteiger partial charge in [-0.1, -0.05) is 0 Å². The molecule has 1 saturated carbocycles. The van der Waals surface area contributed by atoms with Crippen LogP contribution in [0.3, 0.4) is 0 Å². The second-order valence-electron chi connectivity index (χ2n) is 4.14. The lowest BCUT2D eigenvalue weighted by Crippen LogP contribution is -2.08. The standard InChI is InChI=1S/C13H17NO3/c1-16-12-5-2-9(11(15)6-7-14)8-13(12)17-10-3-4-10/h2,5,8,10H,3-4,6-7,14H2,1H3. The average molecular weight is 235 g/mol. The van der Waals surface area contributed by atoms with Crippen LogP contribution in [0.4, 0.5) is 0 Å². The second-order valence-corrected chi connectivity index (χ2v) is 4.14. The van der Waals surface area contributed by atoms with Gasteiger partial charge in [0, 0.05) is 12.0 Å². The summed E-state index contributed by atoms with van der Waals surface area (Å²) in [5.41, 5.74) is 6.01. The van der Waals surface area contributed by atoms with Gasteiger partial charge >= 0.3 is 0 Å². The molecule has 0 saturated heterocycles. The number of nitrogens with two attached hydrogens (primary N) is 1. The SMILES string of the molecule is COc1ccc(C(=O)CCN)cc1OC1CC1. The molecule has 2 N–H and O–H groups in total. The number of hydrogen-bond acceptors (Lipinski definition) is 4. The van der Waals surface area contributed by atoms with E-state index in [2.05, 4.69) is 0 Å². The van der Waals surface area contributed by atoms with Crippen molar-refractivity contribution in [1.82, 2.24) is 0 Å². The van der Waals surface area contributed by atoms with Crippen molar-refractivity contribution < 1.29 is 14.3 Å². The number of ketones is 1. The number of benzene rings is 1. The third-order valence-corrected chi connectivity index (χ3v) is 2.68. The van der Waals surface area contributed by atoms with Crippen molar-refractivity contribution in [2.45, 2.75) is 25.4 Å². The van der Waals surface area contributed by atoms with Gasteiger partial charge in [0.1, 0.15) is 0 Å². The van der Waals surface area contributed by atoms with Crippen molar-refractivity contribution in [3.8, 4) is 11.5 Å². The zero-order valence-electron chi connectivity index (χ0n) is 9.94. The van der Waals surface area contributed by atoms with E-state index in [1.807, 2.05) is 0 Å². The molecule has 17 heavy (non-hydrogen) atoms. The minimum Gasteiger partial charge on any atom is -0.493 e. The van der Waals surface area contributed by atoms with Gasteiger partial charge in [-0.15, -0.1) is 0 Å². The van der Waals surface area contributed by atoms with Crippen LogP contribution >= 0.6 is 0 Å². The highest BCUT2D eigenvalue weighted by atomic mass is 16.5. The summed E-state index contributed by atoms with van der Waals surface area (Å²) in [6.45, 7) is 0.365. The Morgan fingerprint density at radius 3 is 2.76 bits per heavy atom. The Morgan fingerprint density at radius 1 is 1.41 bits per heavy atom. The summed E-state index contributed by atoms with van der Waals surface area (Å²) in [5, 5.41) is 0. The van der Waals surface area contributed by atoms with Crippen LogP contribution in [0.2, 0.25) is 0 Å². The van der Waals surface area contributed by atoms with Gasteiger partial charge in [-0.05, 0) is 37.6 Å². The normalized spacial score (nSPS) is 14.5. The van der Waals surface area contributed by atoms with Crippen LogP contribution in [0.15, 0.2) is 18.2 Å². The molecule has 0 radical (unpaired) electrons. The molecule has 4 heteroatoms. The first-order valence-corrected chi connectivity index (χ1v) is 5.82. The highest BCUT2D eigenvalue weighted by Gasteiger charge is 2.25. The molecule has 0 heterocycles. The van der Waals surface area contributed by atoms with Crippen molar-refractivity contribution >= 4 is 5.78 Å². The molecule has 92 valence electrons. The molecule has 4 nitrogen and oxygen atoms in total. The first-order valence-electron chi connectivity index (χ1n) is 5.82. The second kappa shape index (κ2) is 5.19. The zero-order chi connectivity index (χ0) is 12.3. The summed E-state index contributed by atoms with van der Waals surface area (Å²) >= 11 is 0. The topological polar surface area (TPSA) is 61.5 Å². The predicted molar refractivity (Wildman–Crippen MR) is 64.6 cm³/mol. The molecule has 0 unspecified atom stereocenters. The lowest BCUT2D eigenvalue weighted by Gasteiger charge is -2.11. The quantitative estimate of drug-likeness (QED) is 0.763. The molecule has 0 bridgehead atoms. The van der Waals surface area contributed by atoms with E-state index in [0.29, 0.717) is 30.0 Å². The predicted octanol–water partition coefficient (Wildman–Crippen LogP) is 1.77. The molecule has 1 aromatic carbocycles. The Labute approximate surface area is 101 Å². The van der Waals surface area contributed by atoms with E-state index in [1.165, 1.54) is 0 Å². The zero-order valence-corrected chi connectivity index (χ0v) is 9.94. The first-order chi connectivity index (χ1) is 8.24. The highest BCUT2D eigenvalue weighted by Crippen LogP contribution is 2.34. The summed E-state index contributed by atoms with van der Waals surface area (Å²) in [6, 6.07) is 5.26.